The SMILES string of the molecule is Cc1ccc(C(N)C2=CCCCCC2)cc1Cl. The van der Waals surface area contributed by atoms with Crippen molar-refractivity contribution in [1.82, 2.24) is 0 Å². The van der Waals surface area contributed by atoms with E-state index in [1.165, 1.54) is 31.3 Å². The van der Waals surface area contributed by atoms with E-state index < -0.39 is 0 Å². The molecule has 1 aromatic rings. The molecule has 17 heavy (non-hydrogen) atoms. The summed E-state index contributed by atoms with van der Waals surface area (Å²) in [6, 6.07) is 6.17. The van der Waals surface area contributed by atoms with Crippen LogP contribution < -0.4 is 5.73 Å². The van der Waals surface area contributed by atoms with Crippen molar-refractivity contribution in [1.29, 1.82) is 0 Å². The number of halogens is 1. The van der Waals surface area contributed by atoms with Gasteiger partial charge < -0.3 is 5.73 Å². The van der Waals surface area contributed by atoms with Crippen molar-refractivity contribution in [2.45, 2.75) is 45.1 Å². The van der Waals surface area contributed by atoms with Crippen molar-refractivity contribution in [3.8, 4) is 0 Å². The predicted molar refractivity (Wildman–Crippen MR) is 74.3 cm³/mol. The zero-order valence-electron chi connectivity index (χ0n) is 10.4. The van der Waals surface area contributed by atoms with E-state index in [-0.39, 0.29) is 6.04 Å². The van der Waals surface area contributed by atoms with Crippen molar-refractivity contribution in [2.75, 3.05) is 0 Å². The second kappa shape index (κ2) is 5.70. The van der Waals surface area contributed by atoms with Gasteiger partial charge >= 0.3 is 0 Å². The van der Waals surface area contributed by atoms with Gasteiger partial charge in [0.2, 0.25) is 0 Å². The quantitative estimate of drug-likeness (QED) is 0.766. The maximum absolute atomic E-state index is 6.33. The Labute approximate surface area is 109 Å². The van der Waals surface area contributed by atoms with Gasteiger partial charge in [0.25, 0.3) is 0 Å². The van der Waals surface area contributed by atoms with Crippen LogP contribution in [0.25, 0.3) is 0 Å². The number of rotatable bonds is 2. The molecule has 1 nitrogen and oxygen atoms in total. The van der Waals surface area contributed by atoms with Gasteiger partial charge in [-0.15, -0.1) is 0 Å². The summed E-state index contributed by atoms with van der Waals surface area (Å²) in [7, 11) is 0. The fourth-order valence-corrected chi connectivity index (χ4v) is 2.53. The predicted octanol–water partition coefficient (Wildman–Crippen LogP) is 4.54. The monoisotopic (exact) mass is 249 g/mol. The van der Waals surface area contributed by atoms with Crippen LogP contribution in [0.4, 0.5) is 0 Å². The van der Waals surface area contributed by atoms with E-state index in [1.807, 2.05) is 13.0 Å². The van der Waals surface area contributed by atoms with Crippen LogP contribution in [0.2, 0.25) is 5.02 Å². The van der Waals surface area contributed by atoms with Crippen LogP contribution >= 0.6 is 11.6 Å². The van der Waals surface area contributed by atoms with Gasteiger partial charge in [0.15, 0.2) is 0 Å². The molecule has 1 aliphatic carbocycles. The zero-order valence-corrected chi connectivity index (χ0v) is 11.1. The third kappa shape index (κ3) is 3.11. The Kier molecular flexibility index (Phi) is 4.25. The highest BCUT2D eigenvalue weighted by molar-refractivity contribution is 6.31. The second-order valence-electron chi connectivity index (χ2n) is 4.86. The molecule has 1 aromatic carbocycles. The number of hydrogen-bond donors (Lipinski definition) is 1. The molecule has 0 radical (unpaired) electrons. The van der Waals surface area contributed by atoms with Gasteiger partial charge in [0.05, 0.1) is 6.04 Å². The van der Waals surface area contributed by atoms with Crippen LogP contribution in [-0.4, -0.2) is 0 Å². The lowest BCUT2D eigenvalue weighted by molar-refractivity contribution is 0.688. The summed E-state index contributed by atoms with van der Waals surface area (Å²) in [5.74, 6) is 0. The fraction of sp³-hybridized carbons (Fsp3) is 0.467. The summed E-state index contributed by atoms with van der Waals surface area (Å²) in [5.41, 5.74) is 9.95. The van der Waals surface area contributed by atoms with Crippen LogP contribution in [0.15, 0.2) is 29.8 Å². The zero-order chi connectivity index (χ0) is 12.3. The maximum atomic E-state index is 6.33. The molecule has 0 bridgehead atoms. The highest BCUT2D eigenvalue weighted by Crippen LogP contribution is 2.29. The topological polar surface area (TPSA) is 26.0 Å². The first-order chi connectivity index (χ1) is 8.18. The van der Waals surface area contributed by atoms with Crippen molar-refractivity contribution in [2.24, 2.45) is 5.73 Å². The van der Waals surface area contributed by atoms with Gasteiger partial charge in [-0.05, 0) is 49.8 Å². The first-order valence-electron chi connectivity index (χ1n) is 6.39. The molecule has 92 valence electrons. The molecule has 0 heterocycles. The van der Waals surface area contributed by atoms with Gasteiger partial charge in [-0.1, -0.05) is 41.8 Å². The molecule has 0 spiro atoms. The van der Waals surface area contributed by atoms with Crippen LogP contribution in [0.5, 0.6) is 0 Å². The van der Waals surface area contributed by atoms with Crippen LogP contribution in [-0.2, 0) is 0 Å². The molecule has 0 saturated heterocycles. The summed E-state index contributed by atoms with van der Waals surface area (Å²) < 4.78 is 0. The minimum Gasteiger partial charge on any atom is -0.321 e. The van der Waals surface area contributed by atoms with Gasteiger partial charge in [0, 0.05) is 5.02 Å². The van der Waals surface area contributed by atoms with E-state index in [4.69, 9.17) is 17.3 Å². The summed E-state index contributed by atoms with van der Waals surface area (Å²) in [5, 5.41) is 0.812. The van der Waals surface area contributed by atoms with Crippen molar-refractivity contribution in [3.05, 3.63) is 46.0 Å². The average Bonchev–Trinajstić information content (AvgIpc) is 2.60. The fourth-order valence-electron chi connectivity index (χ4n) is 2.34. The third-order valence-electron chi connectivity index (χ3n) is 3.53. The molecule has 1 atom stereocenters. The standard InChI is InChI=1S/C15H20ClN/c1-11-8-9-13(10-14(11)16)15(17)12-6-4-2-3-5-7-12/h6,8-10,15H,2-5,7,17H2,1H3. The molecule has 1 aliphatic rings. The Morgan fingerprint density at radius 1 is 1.24 bits per heavy atom. The van der Waals surface area contributed by atoms with E-state index in [0.29, 0.717) is 0 Å². The smallest absolute Gasteiger partial charge is 0.0511 e. The molecular formula is C15H20ClN. The van der Waals surface area contributed by atoms with Crippen LogP contribution in [0.3, 0.4) is 0 Å². The molecular weight excluding hydrogens is 230 g/mol. The van der Waals surface area contributed by atoms with Crippen molar-refractivity contribution in [3.63, 3.8) is 0 Å². The Bertz CT molecular complexity index is 423. The lowest BCUT2D eigenvalue weighted by atomic mass is 9.95. The molecule has 2 rings (SSSR count). The van der Waals surface area contributed by atoms with Gasteiger partial charge in [-0.25, -0.2) is 0 Å². The van der Waals surface area contributed by atoms with Gasteiger partial charge in [-0.3, -0.25) is 0 Å². The van der Waals surface area contributed by atoms with E-state index in [9.17, 15) is 0 Å². The highest BCUT2D eigenvalue weighted by atomic mass is 35.5. The summed E-state index contributed by atoms with van der Waals surface area (Å²) in [6.07, 6.45) is 8.51. The van der Waals surface area contributed by atoms with Gasteiger partial charge in [-0.2, -0.15) is 0 Å². The van der Waals surface area contributed by atoms with Crippen LogP contribution in [0.1, 0.15) is 49.3 Å². The van der Waals surface area contributed by atoms with E-state index in [0.717, 1.165) is 22.6 Å². The number of aryl methyl sites for hydroxylation is 1. The average molecular weight is 250 g/mol. The highest BCUT2D eigenvalue weighted by Gasteiger charge is 2.14. The largest absolute Gasteiger partial charge is 0.321 e. The Morgan fingerprint density at radius 3 is 2.82 bits per heavy atom. The lowest BCUT2D eigenvalue weighted by Crippen LogP contribution is -2.13. The summed E-state index contributed by atoms with van der Waals surface area (Å²) in [6.45, 7) is 2.02. The molecule has 2 heteroatoms. The molecule has 1 unspecified atom stereocenters. The lowest BCUT2D eigenvalue weighted by Gasteiger charge is -2.16. The normalized spacial score (nSPS) is 18.4. The van der Waals surface area contributed by atoms with E-state index >= 15 is 0 Å². The first kappa shape index (κ1) is 12.7. The number of benzene rings is 1. The minimum atomic E-state index is 0.0196. The molecule has 0 saturated carbocycles. The number of nitrogens with two attached hydrogens (primary N) is 1. The first-order valence-corrected chi connectivity index (χ1v) is 6.77. The minimum absolute atomic E-state index is 0.0196. The molecule has 0 amide bonds. The van der Waals surface area contributed by atoms with Crippen LogP contribution in [0, 0.1) is 6.92 Å². The van der Waals surface area contributed by atoms with Gasteiger partial charge in [0.1, 0.15) is 0 Å². The third-order valence-corrected chi connectivity index (χ3v) is 3.94. The number of allylic oxidation sites excluding steroid dienone is 1. The van der Waals surface area contributed by atoms with E-state index in [2.05, 4.69) is 18.2 Å². The van der Waals surface area contributed by atoms with Crippen molar-refractivity contribution < 1.29 is 0 Å². The maximum Gasteiger partial charge on any atom is 0.0511 e. The van der Waals surface area contributed by atoms with E-state index in [1.54, 1.807) is 0 Å². The Balaban J connectivity index is 2.20. The Morgan fingerprint density at radius 2 is 2.06 bits per heavy atom. The Hall–Kier alpha value is -0.790. The summed E-state index contributed by atoms with van der Waals surface area (Å²) >= 11 is 6.15. The number of hydrogen-bond acceptors (Lipinski definition) is 1. The molecule has 0 fully saturated rings. The molecule has 2 N–H and O–H groups in total. The molecule has 0 aromatic heterocycles. The second-order valence-corrected chi connectivity index (χ2v) is 5.27. The van der Waals surface area contributed by atoms with Crippen molar-refractivity contribution >= 4 is 11.6 Å². The molecule has 0 aliphatic heterocycles. The summed E-state index contributed by atoms with van der Waals surface area (Å²) in [4.78, 5) is 0.